The van der Waals surface area contributed by atoms with Crippen LogP contribution >= 0.6 is 27.3 Å². The zero-order chi connectivity index (χ0) is 14.5. The number of thiophene rings is 1. The Kier molecular flexibility index (Phi) is 6.53. The summed E-state index contributed by atoms with van der Waals surface area (Å²) >= 11 is 5.42. The lowest BCUT2D eigenvalue weighted by Gasteiger charge is -2.36. The Morgan fingerprint density at radius 1 is 1.35 bits per heavy atom. The second kappa shape index (κ2) is 7.92. The molecule has 1 aliphatic rings. The summed E-state index contributed by atoms with van der Waals surface area (Å²) in [4.78, 5) is 4.11. The van der Waals surface area contributed by atoms with Gasteiger partial charge in [0.2, 0.25) is 0 Å². The van der Waals surface area contributed by atoms with Crippen molar-refractivity contribution in [3.63, 3.8) is 0 Å². The molecule has 0 aliphatic heterocycles. The van der Waals surface area contributed by atoms with E-state index in [-0.39, 0.29) is 0 Å². The number of halogens is 1. The van der Waals surface area contributed by atoms with Gasteiger partial charge >= 0.3 is 0 Å². The average molecular weight is 359 g/mol. The van der Waals surface area contributed by atoms with Crippen molar-refractivity contribution < 1.29 is 0 Å². The van der Waals surface area contributed by atoms with Crippen molar-refractivity contribution in [2.75, 3.05) is 13.1 Å². The van der Waals surface area contributed by atoms with Gasteiger partial charge in [0.15, 0.2) is 0 Å². The van der Waals surface area contributed by atoms with Crippen LogP contribution in [-0.2, 0) is 0 Å². The summed E-state index contributed by atoms with van der Waals surface area (Å²) in [6.07, 6.45) is 6.73. The molecule has 1 saturated carbocycles. The van der Waals surface area contributed by atoms with Gasteiger partial charge in [-0.15, -0.1) is 11.3 Å². The van der Waals surface area contributed by atoms with E-state index >= 15 is 0 Å². The van der Waals surface area contributed by atoms with Crippen LogP contribution in [0.25, 0.3) is 0 Å². The molecular formula is C16H27BrN2S. The number of hydrogen-bond acceptors (Lipinski definition) is 3. The molecule has 0 saturated heterocycles. The van der Waals surface area contributed by atoms with Crippen molar-refractivity contribution in [3.05, 3.63) is 20.8 Å². The Labute approximate surface area is 135 Å². The van der Waals surface area contributed by atoms with Gasteiger partial charge in [-0.05, 0) is 59.8 Å². The molecule has 2 nitrogen and oxygen atoms in total. The van der Waals surface area contributed by atoms with E-state index in [1.807, 2.05) is 11.3 Å². The van der Waals surface area contributed by atoms with Crippen molar-refractivity contribution in [3.8, 4) is 0 Å². The van der Waals surface area contributed by atoms with Crippen molar-refractivity contribution in [1.82, 2.24) is 4.90 Å². The fraction of sp³-hybridized carbons (Fsp3) is 0.750. The summed E-state index contributed by atoms with van der Waals surface area (Å²) in [6.45, 7) is 6.53. The van der Waals surface area contributed by atoms with Crippen LogP contribution in [0.5, 0.6) is 0 Å². The Hall–Kier alpha value is 0.1000. The molecule has 1 heterocycles. The van der Waals surface area contributed by atoms with Gasteiger partial charge in [0.05, 0.1) is 9.83 Å². The Morgan fingerprint density at radius 3 is 2.55 bits per heavy atom. The lowest BCUT2D eigenvalue weighted by Crippen LogP contribution is -2.41. The highest BCUT2D eigenvalue weighted by molar-refractivity contribution is 9.11. The molecular weight excluding hydrogens is 332 g/mol. The summed E-state index contributed by atoms with van der Waals surface area (Å²) in [5, 5.41) is 0. The second-order valence-corrected chi connectivity index (χ2v) is 8.75. The van der Waals surface area contributed by atoms with Crippen molar-refractivity contribution in [1.29, 1.82) is 0 Å². The molecule has 2 rings (SSSR count). The smallest absolute Gasteiger partial charge is 0.0702 e. The summed E-state index contributed by atoms with van der Waals surface area (Å²) in [5.41, 5.74) is 6.14. The molecule has 4 heteroatoms. The molecule has 0 bridgehead atoms. The highest BCUT2D eigenvalue weighted by Crippen LogP contribution is 2.35. The SMILES string of the molecule is CC(C)CCN(C1CCCC1)C(CN)c1ccc(Br)s1. The van der Waals surface area contributed by atoms with E-state index in [1.54, 1.807) is 0 Å². The van der Waals surface area contributed by atoms with Crippen LogP contribution < -0.4 is 5.73 Å². The number of nitrogens with zero attached hydrogens (tertiary/aromatic N) is 1. The molecule has 1 aromatic heterocycles. The molecule has 1 fully saturated rings. The largest absolute Gasteiger partial charge is 0.329 e. The van der Waals surface area contributed by atoms with Crippen LogP contribution in [0.3, 0.4) is 0 Å². The van der Waals surface area contributed by atoms with Crippen molar-refractivity contribution in [2.45, 2.75) is 58.0 Å². The Morgan fingerprint density at radius 2 is 2.05 bits per heavy atom. The third-order valence-electron chi connectivity index (χ3n) is 4.30. The molecule has 1 unspecified atom stereocenters. The highest BCUT2D eigenvalue weighted by Gasteiger charge is 2.29. The predicted molar refractivity (Wildman–Crippen MR) is 92.2 cm³/mol. The Balaban J connectivity index is 2.13. The topological polar surface area (TPSA) is 29.3 Å². The van der Waals surface area contributed by atoms with E-state index in [1.165, 1.54) is 47.3 Å². The van der Waals surface area contributed by atoms with E-state index in [9.17, 15) is 0 Å². The Bertz CT molecular complexity index is 399. The van der Waals surface area contributed by atoms with Gasteiger partial charge in [-0.25, -0.2) is 0 Å². The van der Waals surface area contributed by atoms with E-state index in [0.717, 1.165) is 18.5 Å². The average Bonchev–Trinajstić information content (AvgIpc) is 3.05. The predicted octanol–water partition coefficient (Wildman–Crippen LogP) is 4.80. The van der Waals surface area contributed by atoms with Crippen LogP contribution in [0.2, 0.25) is 0 Å². The third kappa shape index (κ3) is 4.30. The first-order valence-electron chi connectivity index (χ1n) is 7.83. The maximum absolute atomic E-state index is 6.14. The van der Waals surface area contributed by atoms with Gasteiger partial charge < -0.3 is 5.73 Å². The van der Waals surface area contributed by atoms with Crippen LogP contribution in [0.15, 0.2) is 15.9 Å². The first-order chi connectivity index (χ1) is 9.61. The molecule has 2 N–H and O–H groups in total. The lowest BCUT2D eigenvalue weighted by atomic mass is 10.1. The molecule has 20 heavy (non-hydrogen) atoms. The summed E-state index contributed by atoms with van der Waals surface area (Å²) in [6, 6.07) is 5.53. The monoisotopic (exact) mass is 358 g/mol. The van der Waals surface area contributed by atoms with Crippen LogP contribution in [-0.4, -0.2) is 24.0 Å². The van der Waals surface area contributed by atoms with E-state index in [4.69, 9.17) is 5.73 Å². The van der Waals surface area contributed by atoms with Crippen LogP contribution in [0, 0.1) is 5.92 Å². The number of hydrogen-bond donors (Lipinski definition) is 1. The fourth-order valence-electron chi connectivity index (χ4n) is 3.16. The molecule has 1 atom stereocenters. The minimum Gasteiger partial charge on any atom is -0.329 e. The third-order valence-corrected chi connectivity index (χ3v) is 6.03. The highest BCUT2D eigenvalue weighted by atomic mass is 79.9. The van der Waals surface area contributed by atoms with Crippen LogP contribution in [0.1, 0.15) is 56.9 Å². The molecule has 114 valence electrons. The zero-order valence-electron chi connectivity index (χ0n) is 12.6. The minimum atomic E-state index is 0.396. The summed E-state index contributed by atoms with van der Waals surface area (Å²) in [7, 11) is 0. The standard InChI is InChI=1S/C16H27BrN2S/c1-12(2)9-10-19(13-5-3-4-6-13)14(11-18)15-7-8-16(17)20-15/h7-8,12-14H,3-6,9-11,18H2,1-2H3. The number of nitrogens with two attached hydrogens (primary N) is 1. The second-order valence-electron chi connectivity index (χ2n) is 6.25. The first kappa shape index (κ1) is 16.5. The molecule has 1 aliphatic carbocycles. The normalized spacial score (nSPS) is 18.3. The van der Waals surface area contributed by atoms with Crippen molar-refractivity contribution in [2.24, 2.45) is 11.7 Å². The number of rotatable bonds is 7. The maximum Gasteiger partial charge on any atom is 0.0702 e. The van der Waals surface area contributed by atoms with E-state index in [0.29, 0.717) is 6.04 Å². The fourth-order valence-corrected chi connectivity index (χ4v) is 4.72. The van der Waals surface area contributed by atoms with Gasteiger partial charge in [-0.2, -0.15) is 0 Å². The van der Waals surface area contributed by atoms with Gasteiger partial charge in [0.1, 0.15) is 0 Å². The van der Waals surface area contributed by atoms with E-state index in [2.05, 4.69) is 46.8 Å². The van der Waals surface area contributed by atoms with Gasteiger partial charge in [0, 0.05) is 17.5 Å². The molecule has 0 radical (unpaired) electrons. The molecule has 1 aromatic rings. The quantitative estimate of drug-likeness (QED) is 0.758. The van der Waals surface area contributed by atoms with Gasteiger partial charge in [-0.3, -0.25) is 4.90 Å². The first-order valence-corrected chi connectivity index (χ1v) is 9.43. The maximum atomic E-state index is 6.14. The van der Waals surface area contributed by atoms with Gasteiger partial charge in [-0.1, -0.05) is 26.7 Å². The summed E-state index contributed by atoms with van der Waals surface area (Å²) in [5.74, 6) is 0.757. The molecule has 0 spiro atoms. The molecule has 0 aromatic carbocycles. The van der Waals surface area contributed by atoms with Gasteiger partial charge in [0.25, 0.3) is 0 Å². The lowest BCUT2D eigenvalue weighted by molar-refractivity contribution is 0.133. The molecule has 0 amide bonds. The van der Waals surface area contributed by atoms with Crippen molar-refractivity contribution >= 4 is 27.3 Å². The zero-order valence-corrected chi connectivity index (χ0v) is 15.0. The van der Waals surface area contributed by atoms with E-state index < -0.39 is 0 Å². The minimum absolute atomic E-state index is 0.396. The summed E-state index contributed by atoms with van der Waals surface area (Å²) < 4.78 is 1.21. The van der Waals surface area contributed by atoms with Crippen LogP contribution in [0.4, 0.5) is 0 Å².